The highest BCUT2D eigenvalue weighted by atomic mass is 19.1. The fourth-order valence-corrected chi connectivity index (χ4v) is 2.80. The van der Waals surface area contributed by atoms with Crippen molar-refractivity contribution in [1.29, 1.82) is 0 Å². The molecule has 0 unspecified atom stereocenters. The first-order valence-electron chi connectivity index (χ1n) is 7.32. The van der Waals surface area contributed by atoms with Gasteiger partial charge in [-0.25, -0.2) is 9.37 Å². The summed E-state index contributed by atoms with van der Waals surface area (Å²) in [5.74, 6) is 0.136. The summed E-state index contributed by atoms with van der Waals surface area (Å²) >= 11 is 0. The number of benzene rings is 1. The van der Waals surface area contributed by atoms with E-state index in [2.05, 4.69) is 14.9 Å². The molecule has 0 radical (unpaired) electrons. The van der Waals surface area contributed by atoms with Crippen LogP contribution in [-0.2, 0) is 0 Å². The van der Waals surface area contributed by atoms with Gasteiger partial charge in [-0.2, -0.15) is 0 Å². The zero-order chi connectivity index (χ0) is 15.7. The van der Waals surface area contributed by atoms with E-state index in [0.29, 0.717) is 18.7 Å². The van der Waals surface area contributed by atoms with Crippen molar-refractivity contribution in [2.45, 2.75) is 13.0 Å². The summed E-state index contributed by atoms with van der Waals surface area (Å²) in [7, 11) is 2.00. The Morgan fingerprint density at radius 3 is 2.95 bits per heavy atom. The number of aryl methyl sites for hydroxylation is 1. The number of amides is 1. The minimum absolute atomic E-state index is 0.000528. The van der Waals surface area contributed by atoms with E-state index in [0.717, 1.165) is 12.4 Å². The van der Waals surface area contributed by atoms with Gasteiger partial charge in [0.25, 0.3) is 5.91 Å². The fourth-order valence-electron chi connectivity index (χ4n) is 2.80. The van der Waals surface area contributed by atoms with Crippen LogP contribution in [0.2, 0.25) is 0 Å². The summed E-state index contributed by atoms with van der Waals surface area (Å²) in [6, 6.07) is 4.93. The van der Waals surface area contributed by atoms with Crippen molar-refractivity contribution in [2.75, 3.05) is 26.7 Å². The van der Waals surface area contributed by atoms with E-state index >= 15 is 0 Å². The number of carbonyl (C=O) groups is 1. The van der Waals surface area contributed by atoms with Gasteiger partial charge in [-0.3, -0.25) is 9.69 Å². The van der Waals surface area contributed by atoms with Gasteiger partial charge in [-0.1, -0.05) is 12.1 Å². The minimum atomic E-state index is -0.430. The number of H-pyrrole nitrogens is 1. The maximum Gasteiger partial charge on any atom is 0.256 e. The molecule has 22 heavy (non-hydrogen) atoms. The average molecular weight is 302 g/mol. The van der Waals surface area contributed by atoms with Gasteiger partial charge in [0.05, 0.1) is 11.6 Å². The molecule has 1 atom stereocenters. The Morgan fingerprint density at radius 1 is 1.41 bits per heavy atom. The second-order valence-electron chi connectivity index (χ2n) is 5.66. The van der Waals surface area contributed by atoms with Crippen LogP contribution < -0.4 is 0 Å². The molecule has 2 heterocycles. The number of likely N-dealkylation sites (N-methyl/N-ethyl adjacent to an activating group) is 1. The lowest BCUT2D eigenvalue weighted by molar-refractivity contribution is 0.0530. The first-order chi connectivity index (χ1) is 10.6. The summed E-state index contributed by atoms with van der Waals surface area (Å²) < 4.78 is 14.2. The molecule has 1 N–H and O–H groups in total. The Hall–Kier alpha value is -2.21. The van der Waals surface area contributed by atoms with E-state index in [1.54, 1.807) is 42.4 Å². The lowest BCUT2D eigenvalue weighted by atomic mass is 10.1. The SMILES string of the molecule is Cc1cccc(C(=O)N2CCN(C)[C@@H](c3ncc[nH]3)C2)c1F. The number of imidazole rings is 1. The third-order valence-corrected chi connectivity index (χ3v) is 4.19. The van der Waals surface area contributed by atoms with Gasteiger partial charge < -0.3 is 9.88 Å². The van der Waals surface area contributed by atoms with E-state index < -0.39 is 5.82 Å². The van der Waals surface area contributed by atoms with E-state index in [9.17, 15) is 9.18 Å². The Balaban J connectivity index is 1.83. The standard InChI is InChI=1S/C16H19FN4O/c1-11-4-3-5-12(14(11)17)16(22)21-9-8-20(2)13(10-21)15-18-6-7-19-15/h3-7,13H,8-10H2,1-2H3,(H,18,19)/t13-/m1/s1. The molecule has 1 fully saturated rings. The maximum absolute atomic E-state index is 14.2. The van der Waals surface area contributed by atoms with Crippen LogP contribution >= 0.6 is 0 Å². The molecule has 0 spiro atoms. The summed E-state index contributed by atoms with van der Waals surface area (Å²) in [5, 5.41) is 0. The molecule has 1 aliphatic rings. The smallest absolute Gasteiger partial charge is 0.256 e. The molecule has 2 aromatic rings. The van der Waals surface area contributed by atoms with Crippen LogP contribution in [0.15, 0.2) is 30.6 Å². The Labute approximate surface area is 128 Å². The summed E-state index contributed by atoms with van der Waals surface area (Å²) in [4.78, 5) is 23.9. The lowest BCUT2D eigenvalue weighted by Crippen LogP contribution is -2.49. The number of hydrogen-bond acceptors (Lipinski definition) is 3. The quantitative estimate of drug-likeness (QED) is 0.923. The predicted octanol–water partition coefficient (Wildman–Crippen LogP) is 1.99. The maximum atomic E-state index is 14.2. The minimum Gasteiger partial charge on any atom is -0.347 e. The highest BCUT2D eigenvalue weighted by molar-refractivity contribution is 5.94. The number of piperazine rings is 1. The molecule has 1 aromatic carbocycles. The lowest BCUT2D eigenvalue weighted by Gasteiger charge is -2.38. The number of nitrogens with zero attached hydrogens (tertiary/aromatic N) is 3. The van der Waals surface area contributed by atoms with Crippen LogP contribution in [-0.4, -0.2) is 52.4 Å². The predicted molar refractivity (Wildman–Crippen MR) is 81.0 cm³/mol. The fraction of sp³-hybridized carbons (Fsp3) is 0.375. The van der Waals surface area contributed by atoms with Crippen molar-refractivity contribution < 1.29 is 9.18 Å². The summed E-state index contributed by atoms with van der Waals surface area (Å²) in [6.45, 7) is 3.47. The molecule has 6 heteroatoms. The Morgan fingerprint density at radius 2 is 2.23 bits per heavy atom. The number of halogens is 1. The van der Waals surface area contributed by atoms with Crippen molar-refractivity contribution in [1.82, 2.24) is 19.8 Å². The molecule has 1 aromatic heterocycles. The first kappa shape index (κ1) is 14.7. The van der Waals surface area contributed by atoms with Gasteiger partial charge in [-0.05, 0) is 25.6 Å². The normalized spacial score (nSPS) is 19.4. The van der Waals surface area contributed by atoms with E-state index in [4.69, 9.17) is 0 Å². The number of carbonyl (C=O) groups excluding carboxylic acids is 1. The monoisotopic (exact) mass is 302 g/mol. The molecule has 3 rings (SSSR count). The zero-order valence-corrected chi connectivity index (χ0v) is 12.7. The molecule has 1 amide bonds. The highest BCUT2D eigenvalue weighted by Gasteiger charge is 2.31. The second-order valence-corrected chi connectivity index (χ2v) is 5.66. The first-order valence-corrected chi connectivity index (χ1v) is 7.32. The largest absolute Gasteiger partial charge is 0.347 e. The second kappa shape index (κ2) is 5.88. The van der Waals surface area contributed by atoms with Crippen LogP contribution in [0.3, 0.4) is 0 Å². The summed E-state index contributed by atoms with van der Waals surface area (Å²) in [6.07, 6.45) is 3.47. The van der Waals surface area contributed by atoms with Gasteiger partial charge >= 0.3 is 0 Å². The molecule has 5 nitrogen and oxygen atoms in total. The number of nitrogens with one attached hydrogen (secondary N) is 1. The van der Waals surface area contributed by atoms with E-state index in [1.807, 2.05) is 7.05 Å². The number of hydrogen-bond donors (Lipinski definition) is 1. The average Bonchev–Trinajstić information content (AvgIpc) is 3.04. The molecule has 0 saturated carbocycles. The molecule has 0 aliphatic carbocycles. The Kier molecular flexibility index (Phi) is 3.94. The third-order valence-electron chi connectivity index (χ3n) is 4.19. The number of rotatable bonds is 2. The molecule has 1 aliphatic heterocycles. The third kappa shape index (κ3) is 2.62. The van der Waals surface area contributed by atoms with Gasteiger partial charge in [0.2, 0.25) is 0 Å². The van der Waals surface area contributed by atoms with E-state index in [-0.39, 0.29) is 17.5 Å². The molecular weight excluding hydrogens is 283 g/mol. The van der Waals surface area contributed by atoms with E-state index in [1.165, 1.54) is 0 Å². The molecule has 1 saturated heterocycles. The van der Waals surface area contributed by atoms with Crippen LogP contribution in [0.4, 0.5) is 4.39 Å². The Bertz CT molecular complexity index is 671. The molecular formula is C16H19FN4O. The van der Waals surface area contributed by atoms with Crippen molar-refractivity contribution >= 4 is 5.91 Å². The van der Waals surface area contributed by atoms with Crippen LogP contribution in [0.1, 0.15) is 27.8 Å². The highest BCUT2D eigenvalue weighted by Crippen LogP contribution is 2.23. The zero-order valence-electron chi connectivity index (χ0n) is 12.7. The molecule has 116 valence electrons. The number of aromatic nitrogens is 2. The van der Waals surface area contributed by atoms with Crippen molar-refractivity contribution in [2.24, 2.45) is 0 Å². The molecule has 0 bridgehead atoms. The van der Waals surface area contributed by atoms with Crippen molar-refractivity contribution in [3.8, 4) is 0 Å². The van der Waals surface area contributed by atoms with Gasteiger partial charge in [0, 0.05) is 32.0 Å². The van der Waals surface area contributed by atoms with Crippen LogP contribution in [0.5, 0.6) is 0 Å². The topological polar surface area (TPSA) is 52.2 Å². The van der Waals surface area contributed by atoms with Gasteiger partial charge in [0.15, 0.2) is 0 Å². The van der Waals surface area contributed by atoms with Crippen molar-refractivity contribution in [3.63, 3.8) is 0 Å². The van der Waals surface area contributed by atoms with Crippen LogP contribution in [0, 0.1) is 12.7 Å². The van der Waals surface area contributed by atoms with Gasteiger partial charge in [0.1, 0.15) is 11.6 Å². The summed E-state index contributed by atoms with van der Waals surface area (Å²) in [5.41, 5.74) is 0.630. The van der Waals surface area contributed by atoms with Gasteiger partial charge in [-0.15, -0.1) is 0 Å². The number of aromatic amines is 1. The van der Waals surface area contributed by atoms with Crippen molar-refractivity contribution in [3.05, 3.63) is 53.4 Å². The van der Waals surface area contributed by atoms with Crippen LogP contribution in [0.25, 0.3) is 0 Å².